The number of methoxy groups -OCH3 is 1. The molecule has 0 radical (unpaired) electrons. The number of anilines is 2. The van der Waals surface area contributed by atoms with Crippen molar-refractivity contribution in [2.75, 3.05) is 17.7 Å². The highest BCUT2D eigenvalue weighted by atomic mass is 32.1. The third kappa shape index (κ3) is 4.20. The summed E-state index contributed by atoms with van der Waals surface area (Å²) < 4.78 is 5.15. The zero-order valence-corrected chi connectivity index (χ0v) is 16.1. The first-order valence-electron chi connectivity index (χ1n) is 8.94. The van der Waals surface area contributed by atoms with Gasteiger partial charge in [-0.25, -0.2) is 4.98 Å². The molecule has 142 valence electrons. The van der Waals surface area contributed by atoms with Crippen molar-refractivity contribution in [3.8, 4) is 16.3 Å². The Kier molecular flexibility index (Phi) is 5.08. The topological polar surface area (TPSA) is 80.3 Å². The van der Waals surface area contributed by atoms with Crippen molar-refractivity contribution in [2.24, 2.45) is 5.92 Å². The van der Waals surface area contributed by atoms with Crippen molar-refractivity contribution < 1.29 is 14.3 Å². The van der Waals surface area contributed by atoms with Crippen molar-refractivity contribution in [2.45, 2.75) is 12.8 Å². The normalized spacial score (nSPS) is 13.0. The molecule has 0 spiro atoms. The summed E-state index contributed by atoms with van der Waals surface area (Å²) in [5.41, 5.74) is 2.67. The lowest BCUT2D eigenvalue weighted by atomic mass is 10.2. The lowest BCUT2D eigenvalue weighted by Crippen LogP contribution is -2.14. The first kappa shape index (κ1) is 18.2. The molecular weight excluding hydrogens is 374 g/mol. The van der Waals surface area contributed by atoms with E-state index in [0.29, 0.717) is 11.4 Å². The van der Waals surface area contributed by atoms with Gasteiger partial charge in [-0.2, -0.15) is 0 Å². The molecule has 6 nitrogen and oxygen atoms in total. The van der Waals surface area contributed by atoms with Crippen molar-refractivity contribution in [3.05, 3.63) is 59.6 Å². The van der Waals surface area contributed by atoms with Gasteiger partial charge in [-0.05, 0) is 61.4 Å². The van der Waals surface area contributed by atoms with Crippen LogP contribution in [-0.4, -0.2) is 23.9 Å². The molecule has 2 amide bonds. The van der Waals surface area contributed by atoms with Crippen LogP contribution >= 0.6 is 11.3 Å². The minimum Gasteiger partial charge on any atom is -0.497 e. The highest BCUT2D eigenvalue weighted by Gasteiger charge is 2.29. The summed E-state index contributed by atoms with van der Waals surface area (Å²) in [5.74, 6) is 0.718. The lowest BCUT2D eigenvalue weighted by molar-refractivity contribution is -0.117. The molecule has 1 heterocycles. The Morgan fingerprint density at radius 3 is 2.25 bits per heavy atom. The van der Waals surface area contributed by atoms with Crippen molar-refractivity contribution in [1.29, 1.82) is 0 Å². The number of carbonyl (C=O) groups excluding carboxylic acids is 2. The summed E-state index contributed by atoms with van der Waals surface area (Å²) >= 11 is 1.41. The Morgan fingerprint density at radius 2 is 1.64 bits per heavy atom. The number of carbonyl (C=O) groups is 2. The number of amides is 2. The van der Waals surface area contributed by atoms with Crippen LogP contribution < -0.4 is 15.4 Å². The molecule has 0 atom stereocenters. The SMILES string of the molecule is COc1ccc(-c2nc(C(=O)Nc3ccc(NC(=O)C4CC4)cc3)cs2)cc1. The van der Waals surface area contributed by atoms with Crippen molar-refractivity contribution >= 4 is 34.5 Å². The standard InChI is InChI=1S/C21H19N3O3S/c1-27-17-10-4-14(5-11-17)21-24-18(12-28-21)20(26)23-16-8-6-15(7-9-16)22-19(25)13-2-3-13/h4-13H,2-3H2,1H3,(H,22,25)(H,23,26). The molecule has 0 aliphatic heterocycles. The molecule has 3 aromatic rings. The monoisotopic (exact) mass is 393 g/mol. The lowest BCUT2D eigenvalue weighted by Gasteiger charge is -2.07. The molecular formula is C21H19N3O3S. The number of hydrogen-bond donors (Lipinski definition) is 2. The van der Waals surface area contributed by atoms with E-state index in [1.807, 2.05) is 24.3 Å². The number of rotatable bonds is 6. The van der Waals surface area contributed by atoms with Crippen LogP contribution in [0.4, 0.5) is 11.4 Å². The van der Waals surface area contributed by atoms with Gasteiger partial charge < -0.3 is 15.4 Å². The fraction of sp³-hybridized carbons (Fsp3) is 0.190. The maximum Gasteiger partial charge on any atom is 0.275 e. The minimum atomic E-state index is -0.272. The van der Waals surface area contributed by atoms with E-state index in [-0.39, 0.29) is 17.7 Å². The Labute approximate surface area is 166 Å². The Hall–Kier alpha value is -3.19. The Balaban J connectivity index is 1.39. The van der Waals surface area contributed by atoms with E-state index in [4.69, 9.17) is 4.74 Å². The predicted molar refractivity (Wildman–Crippen MR) is 110 cm³/mol. The quantitative estimate of drug-likeness (QED) is 0.650. The number of nitrogens with zero attached hydrogens (tertiary/aromatic N) is 1. The molecule has 0 bridgehead atoms. The summed E-state index contributed by atoms with van der Waals surface area (Å²) in [6.07, 6.45) is 1.93. The van der Waals surface area contributed by atoms with Crippen LogP contribution in [0.15, 0.2) is 53.9 Å². The molecule has 0 saturated heterocycles. The maximum atomic E-state index is 12.5. The molecule has 2 aromatic carbocycles. The number of thiazole rings is 1. The molecule has 2 N–H and O–H groups in total. The molecule has 4 rings (SSSR count). The fourth-order valence-electron chi connectivity index (χ4n) is 2.67. The second kappa shape index (κ2) is 7.82. The Morgan fingerprint density at radius 1 is 1.00 bits per heavy atom. The average molecular weight is 393 g/mol. The van der Waals surface area contributed by atoms with E-state index in [1.54, 1.807) is 36.8 Å². The van der Waals surface area contributed by atoms with Gasteiger partial charge in [-0.1, -0.05) is 0 Å². The zero-order valence-electron chi connectivity index (χ0n) is 15.3. The second-order valence-electron chi connectivity index (χ2n) is 6.56. The van der Waals surface area contributed by atoms with Gasteiger partial charge in [0.05, 0.1) is 7.11 Å². The molecule has 1 aliphatic carbocycles. The fourth-order valence-corrected chi connectivity index (χ4v) is 3.47. The highest BCUT2D eigenvalue weighted by Crippen LogP contribution is 2.30. The van der Waals surface area contributed by atoms with E-state index >= 15 is 0 Å². The van der Waals surface area contributed by atoms with Crippen LogP contribution in [0.1, 0.15) is 23.3 Å². The number of hydrogen-bond acceptors (Lipinski definition) is 5. The van der Waals surface area contributed by atoms with Gasteiger partial charge in [0.15, 0.2) is 0 Å². The number of ether oxygens (including phenoxy) is 1. The first-order chi connectivity index (χ1) is 13.6. The zero-order chi connectivity index (χ0) is 19.5. The van der Waals surface area contributed by atoms with Gasteiger partial charge in [0.25, 0.3) is 5.91 Å². The highest BCUT2D eigenvalue weighted by molar-refractivity contribution is 7.13. The molecule has 7 heteroatoms. The molecule has 1 aliphatic rings. The average Bonchev–Trinajstić information content (AvgIpc) is 3.46. The summed E-state index contributed by atoms with van der Waals surface area (Å²) in [6.45, 7) is 0. The van der Waals surface area contributed by atoms with Crippen LogP contribution in [0.25, 0.3) is 10.6 Å². The maximum absolute atomic E-state index is 12.5. The second-order valence-corrected chi connectivity index (χ2v) is 7.42. The summed E-state index contributed by atoms with van der Waals surface area (Å²) in [6, 6.07) is 14.6. The van der Waals surface area contributed by atoms with E-state index in [0.717, 1.165) is 34.8 Å². The first-order valence-corrected chi connectivity index (χ1v) is 9.82. The van der Waals surface area contributed by atoms with Gasteiger partial charge >= 0.3 is 0 Å². The van der Waals surface area contributed by atoms with Gasteiger partial charge in [-0.15, -0.1) is 11.3 Å². The minimum absolute atomic E-state index is 0.0605. The largest absolute Gasteiger partial charge is 0.497 e. The van der Waals surface area contributed by atoms with E-state index in [9.17, 15) is 9.59 Å². The van der Waals surface area contributed by atoms with Gasteiger partial charge in [0.2, 0.25) is 5.91 Å². The summed E-state index contributed by atoms with van der Waals surface area (Å²) in [5, 5.41) is 8.21. The van der Waals surface area contributed by atoms with Gasteiger partial charge in [0, 0.05) is 28.2 Å². The van der Waals surface area contributed by atoms with Crippen LogP contribution in [0.2, 0.25) is 0 Å². The van der Waals surface area contributed by atoms with Crippen LogP contribution in [0.3, 0.4) is 0 Å². The van der Waals surface area contributed by atoms with E-state index < -0.39 is 0 Å². The Bertz CT molecular complexity index is 992. The molecule has 0 unspecified atom stereocenters. The smallest absolute Gasteiger partial charge is 0.275 e. The summed E-state index contributed by atoms with van der Waals surface area (Å²) in [4.78, 5) is 28.7. The number of benzene rings is 2. The van der Waals surface area contributed by atoms with Crippen LogP contribution in [0.5, 0.6) is 5.75 Å². The van der Waals surface area contributed by atoms with E-state index in [2.05, 4.69) is 15.6 Å². The van der Waals surface area contributed by atoms with Crippen LogP contribution in [-0.2, 0) is 4.79 Å². The number of nitrogens with one attached hydrogen (secondary N) is 2. The van der Waals surface area contributed by atoms with Gasteiger partial charge in [0.1, 0.15) is 16.5 Å². The third-order valence-corrected chi connectivity index (χ3v) is 5.32. The van der Waals surface area contributed by atoms with E-state index in [1.165, 1.54) is 11.3 Å². The predicted octanol–water partition coefficient (Wildman–Crippen LogP) is 4.42. The third-order valence-electron chi connectivity index (χ3n) is 4.43. The van der Waals surface area contributed by atoms with Crippen LogP contribution in [0, 0.1) is 5.92 Å². The molecule has 1 saturated carbocycles. The van der Waals surface area contributed by atoms with Gasteiger partial charge in [-0.3, -0.25) is 9.59 Å². The molecule has 28 heavy (non-hydrogen) atoms. The van der Waals surface area contributed by atoms with Crippen molar-refractivity contribution in [3.63, 3.8) is 0 Å². The molecule has 1 aromatic heterocycles. The summed E-state index contributed by atoms with van der Waals surface area (Å²) in [7, 11) is 1.62. The number of aromatic nitrogens is 1. The molecule has 1 fully saturated rings. The van der Waals surface area contributed by atoms with Crippen molar-refractivity contribution in [1.82, 2.24) is 4.98 Å².